The van der Waals surface area contributed by atoms with E-state index >= 15 is 8.78 Å². The molecule has 1 heterocycles. The van der Waals surface area contributed by atoms with Crippen LogP contribution in [0.2, 0.25) is 0 Å². The first kappa shape index (κ1) is 42.6. The second kappa shape index (κ2) is 13.8. The highest BCUT2D eigenvalue weighted by atomic mass is 32.2. The van der Waals surface area contributed by atoms with Crippen molar-refractivity contribution in [1.29, 1.82) is 0 Å². The van der Waals surface area contributed by atoms with Crippen LogP contribution in [0.5, 0.6) is 0 Å². The van der Waals surface area contributed by atoms with Crippen molar-refractivity contribution in [1.82, 2.24) is 0 Å². The second-order valence-corrected chi connectivity index (χ2v) is 12.9. The molecule has 0 N–H and O–H groups in total. The number of nitrogens with zero attached hydrogens (tertiary/aromatic N) is 2. The Morgan fingerprint density at radius 1 is 0.500 bits per heavy atom. The summed E-state index contributed by atoms with van der Waals surface area (Å²) in [6.45, 7) is -1.59. The lowest BCUT2D eigenvalue weighted by Gasteiger charge is -2.40. The van der Waals surface area contributed by atoms with Gasteiger partial charge in [-0.2, -0.15) is 70.2 Å². The molecule has 0 spiro atoms. The predicted octanol–water partition coefficient (Wildman–Crippen LogP) is 13.5. The topological polar surface area (TPSA) is 6.48 Å². The molecule has 0 aliphatic carbocycles. The molecule has 0 aromatic heterocycles. The summed E-state index contributed by atoms with van der Waals surface area (Å²) < 4.78 is 279. The fourth-order valence-electron chi connectivity index (χ4n) is 5.46. The normalized spacial score (nSPS) is 14.5. The van der Waals surface area contributed by atoms with Crippen molar-refractivity contribution in [2.24, 2.45) is 0 Å². The molecule has 5 rings (SSSR count). The molecule has 1 aliphatic rings. The number of alkyl halides is 16. The summed E-state index contributed by atoms with van der Waals surface area (Å²) in [5, 5.41) is 0. The number of fused-ring (bicyclic) bond motifs is 2. The van der Waals surface area contributed by atoms with Crippen molar-refractivity contribution >= 4 is 40.2 Å². The van der Waals surface area contributed by atoms with E-state index in [0.29, 0.717) is 21.6 Å². The molecule has 304 valence electrons. The Kier molecular flexibility index (Phi) is 10.5. The Morgan fingerprint density at radius 3 is 1.54 bits per heavy atom. The Bertz CT molecular complexity index is 2080. The van der Waals surface area contributed by atoms with Gasteiger partial charge >= 0.3 is 42.0 Å². The summed E-state index contributed by atoms with van der Waals surface area (Å²) in [7, 11) is 0. The summed E-state index contributed by atoms with van der Waals surface area (Å²) in [6, 6.07) is 13.4. The van der Waals surface area contributed by atoms with Crippen LogP contribution in [-0.4, -0.2) is 42.3 Å². The van der Waals surface area contributed by atoms with Crippen molar-refractivity contribution < 1.29 is 87.8 Å². The van der Waals surface area contributed by atoms with Gasteiger partial charge in [-0.3, -0.25) is 0 Å². The van der Waals surface area contributed by atoms with E-state index in [1.807, 2.05) is 0 Å². The van der Waals surface area contributed by atoms with Crippen LogP contribution in [0.3, 0.4) is 0 Å². The van der Waals surface area contributed by atoms with E-state index < -0.39 is 95.1 Å². The van der Waals surface area contributed by atoms with Crippen LogP contribution in [0.4, 0.5) is 116 Å². The Balaban J connectivity index is 1.60. The molecular weight excluding hydrogens is 836 g/mol. The minimum Gasteiger partial charge on any atom is -0.339 e. The first-order valence-electron chi connectivity index (χ1n) is 15.0. The zero-order chi connectivity index (χ0) is 42.2. The summed E-state index contributed by atoms with van der Waals surface area (Å²) in [6.07, 6.45) is -16.1. The molecule has 4 aromatic carbocycles. The van der Waals surface area contributed by atoms with Gasteiger partial charge in [0.15, 0.2) is 23.3 Å². The molecule has 0 amide bonds. The largest absolute Gasteiger partial charge is 0.460 e. The first-order chi connectivity index (χ1) is 25.5. The van der Waals surface area contributed by atoms with Crippen LogP contribution >= 0.6 is 11.8 Å². The maximum absolute atomic E-state index is 15.4. The van der Waals surface area contributed by atoms with E-state index in [2.05, 4.69) is 0 Å². The van der Waals surface area contributed by atoms with E-state index in [1.165, 1.54) is 36.4 Å². The first-order valence-corrected chi connectivity index (χ1v) is 15.8. The minimum atomic E-state index is -8.11. The Hall–Kier alpha value is -4.57. The molecule has 56 heavy (non-hydrogen) atoms. The fourth-order valence-corrected chi connectivity index (χ4v) is 6.59. The number of hydrogen-bond donors (Lipinski definition) is 0. The van der Waals surface area contributed by atoms with Crippen molar-refractivity contribution in [2.75, 3.05) is 16.3 Å². The quantitative estimate of drug-likeness (QED) is 0.116. The SMILES string of the molecule is Fc1c(F)c(C(F)(F)F)c(F)c(F)c1N(c1ccccc1)c1ccc2c(c1)Sc1ccccc1N2CCC(F)(F)C(F)(F)C(F)(F)C(F)(F)C(F)(F)C(F)(F)F. The molecule has 4 aromatic rings. The number of rotatable bonds is 10. The fraction of sp³-hybridized carbons (Fsp3) is 0.273. The van der Waals surface area contributed by atoms with E-state index in [0.717, 1.165) is 36.4 Å². The molecule has 0 atom stereocenters. The maximum atomic E-state index is 15.4. The Morgan fingerprint density at radius 2 is 1.00 bits per heavy atom. The average Bonchev–Trinajstić information content (AvgIpc) is 3.09. The van der Waals surface area contributed by atoms with Gasteiger partial charge in [0.1, 0.15) is 11.3 Å². The zero-order valence-corrected chi connectivity index (χ0v) is 27.5. The minimum absolute atomic E-state index is 0.00384. The molecule has 0 saturated carbocycles. The molecule has 0 fully saturated rings. The maximum Gasteiger partial charge on any atom is 0.460 e. The number of halogens is 20. The standard InChI is InChI=1S/C33H16F20N2S/c34-22-21(28(40,41)42)23(35)25(37)26(24(22)36)55(15-6-2-1-3-7-15)16-10-11-18-20(14-16)56-19-9-5-4-8-17(19)54(18)13-12-27(38,39)29(43,44)30(45,46)31(47,48)32(49,50)33(51,52)53/h1-11,14H,12-13H2. The van der Waals surface area contributed by atoms with Crippen molar-refractivity contribution in [2.45, 2.75) is 58.2 Å². The van der Waals surface area contributed by atoms with Crippen LogP contribution in [0.25, 0.3) is 0 Å². The van der Waals surface area contributed by atoms with Crippen molar-refractivity contribution in [3.8, 4) is 0 Å². The van der Waals surface area contributed by atoms with Crippen LogP contribution in [0, 0.1) is 23.3 Å². The average molecular weight is 853 g/mol. The molecule has 2 nitrogen and oxygen atoms in total. The van der Waals surface area contributed by atoms with Gasteiger partial charge in [-0.1, -0.05) is 42.1 Å². The van der Waals surface area contributed by atoms with Crippen LogP contribution < -0.4 is 9.80 Å². The van der Waals surface area contributed by atoms with Gasteiger partial charge in [-0.05, 0) is 42.5 Å². The van der Waals surface area contributed by atoms with Crippen LogP contribution in [-0.2, 0) is 6.18 Å². The smallest absolute Gasteiger partial charge is 0.339 e. The molecule has 0 bridgehead atoms. The monoisotopic (exact) mass is 852 g/mol. The Labute approximate surface area is 304 Å². The highest BCUT2D eigenvalue weighted by Gasteiger charge is 2.90. The lowest BCUT2D eigenvalue weighted by Crippen LogP contribution is -2.70. The summed E-state index contributed by atoms with van der Waals surface area (Å²) in [4.78, 5) is 0.828. The summed E-state index contributed by atoms with van der Waals surface area (Å²) >= 11 is 0.683. The van der Waals surface area contributed by atoms with E-state index in [1.54, 1.807) is 0 Å². The number of para-hydroxylation sites is 2. The van der Waals surface area contributed by atoms with Crippen molar-refractivity contribution in [3.05, 3.63) is 102 Å². The lowest BCUT2D eigenvalue weighted by atomic mass is 9.92. The molecule has 0 unspecified atom stereocenters. The predicted molar refractivity (Wildman–Crippen MR) is 159 cm³/mol. The van der Waals surface area contributed by atoms with Crippen molar-refractivity contribution in [3.63, 3.8) is 0 Å². The van der Waals surface area contributed by atoms with E-state index in [9.17, 15) is 79.0 Å². The van der Waals surface area contributed by atoms with Crippen LogP contribution in [0.15, 0.2) is 82.6 Å². The van der Waals surface area contributed by atoms with Gasteiger partial charge in [0, 0.05) is 34.1 Å². The summed E-state index contributed by atoms with van der Waals surface area (Å²) in [5.74, 6) is -48.8. The third-order valence-corrected chi connectivity index (χ3v) is 9.39. The van der Waals surface area contributed by atoms with Gasteiger partial charge in [0.2, 0.25) is 0 Å². The molecule has 23 heteroatoms. The lowest BCUT2D eigenvalue weighted by molar-refractivity contribution is -0.440. The third-order valence-electron chi connectivity index (χ3n) is 8.28. The second-order valence-electron chi connectivity index (χ2n) is 11.8. The van der Waals surface area contributed by atoms with Gasteiger partial charge in [0.25, 0.3) is 0 Å². The van der Waals surface area contributed by atoms with Crippen LogP contribution in [0.1, 0.15) is 12.0 Å². The third kappa shape index (κ3) is 6.61. The highest BCUT2D eigenvalue weighted by Crippen LogP contribution is 2.61. The molecular formula is C33H16F20N2S. The molecule has 0 saturated heterocycles. The van der Waals surface area contributed by atoms with Gasteiger partial charge in [-0.25, -0.2) is 17.6 Å². The number of hydrogen-bond acceptors (Lipinski definition) is 3. The molecule has 1 aliphatic heterocycles. The van der Waals surface area contributed by atoms with Gasteiger partial charge < -0.3 is 9.80 Å². The zero-order valence-electron chi connectivity index (χ0n) is 26.7. The number of anilines is 5. The van der Waals surface area contributed by atoms with Gasteiger partial charge in [0.05, 0.1) is 11.4 Å². The van der Waals surface area contributed by atoms with Gasteiger partial charge in [-0.15, -0.1) is 0 Å². The highest BCUT2D eigenvalue weighted by molar-refractivity contribution is 7.99. The summed E-state index contributed by atoms with van der Waals surface area (Å²) in [5.41, 5.74) is -6.05. The number of benzene rings is 4. The van der Waals surface area contributed by atoms with E-state index in [-0.39, 0.29) is 26.9 Å². The van der Waals surface area contributed by atoms with E-state index in [4.69, 9.17) is 0 Å². The molecule has 0 radical (unpaired) electrons.